The summed E-state index contributed by atoms with van der Waals surface area (Å²) in [4.78, 5) is 36.2. The average Bonchev–Trinajstić information content (AvgIpc) is 2.71. The van der Waals surface area contributed by atoms with E-state index in [1.807, 2.05) is 0 Å². The summed E-state index contributed by atoms with van der Waals surface area (Å²) < 4.78 is 18.7. The number of ketones is 1. The van der Waals surface area contributed by atoms with Crippen molar-refractivity contribution in [1.29, 1.82) is 0 Å². The van der Waals surface area contributed by atoms with Crippen LogP contribution in [0.3, 0.4) is 0 Å². The molecule has 3 aliphatic rings. The van der Waals surface area contributed by atoms with Crippen molar-refractivity contribution in [3.63, 3.8) is 0 Å². The van der Waals surface area contributed by atoms with Crippen LogP contribution in [-0.4, -0.2) is 41.8 Å². The Kier molecular flexibility index (Phi) is 6.24. The van der Waals surface area contributed by atoms with E-state index in [0.29, 0.717) is 35.5 Å². The lowest BCUT2D eigenvalue weighted by molar-refractivity contribution is -0.149. The highest BCUT2D eigenvalue weighted by Crippen LogP contribution is 2.60. The van der Waals surface area contributed by atoms with Crippen molar-refractivity contribution in [2.45, 2.75) is 37.3 Å². The number of halogens is 3. The molecule has 0 aromatic heterocycles. The van der Waals surface area contributed by atoms with Gasteiger partial charge >= 0.3 is 0 Å². The van der Waals surface area contributed by atoms with Gasteiger partial charge in [-0.15, -0.1) is 0 Å². The van der Waals surface area contributed by atoms with E-state index in [-0.39, 0.29) is 52.6 Å². The smallest absolute Gasteiger partial charge is 0.258 e. The van der Waals surface area contributed by atoms with Gasteiger partial charge in [-0.2, -0.15) is 0 Å². The minimum Gasteiger partial charge on any atom is -0.484 e. The fourth-order valence-electron chi connectivity index (χ4n) is 4.53. The Morgan fingerprint density at radius 1 is 0.970 bits per heavy atom. The van der Waals surface area contributed by atoms with Gasteiger partial charge in [-0.3, -0.25) is 14.4 Å². The van der Waals surface area contributed by atoms with Gasteiger partial charge in [0.2, 0.25) is 5.91 Å². The topological polar surface area (TPSA) is 96.5 Å². The summed E-state index contributed by atoms with van der Waals surface area (Å²) in [7, 11) is 0. The van der Waals surface area contributed by atoms with Crippen LogP contribution in [0.1, 0.15) is 36.5 Å². The van der Waals surface area contributed by atoms with Gasteiger partial charge in [0, 0.05) is 28.4 Å². The second-order valence-electron chi connectivity index (χ2n) is 8.66. The van der Waals surface area contributed by atoms with E-state index in [0.717, 1.165) is 6.07 Å². The maximum atomic E-state index is 13.4. The van der Waals surface area contributed by atoms with Gasteiger partial charge in [-0.25, -0.2) is 4.39 Å². The number of carbonyl (C=O) groups excluding carboxylic acids is 3. The fraction of sp³-hybridized carbons (Fsp3) is 0.348. The number of nitrogens with one attached hydrogen (secondary N) is 3. The molecule has 33 heavy (non-hydrogen) atoms. The van der Waals surface area contributed by atoms with E-state index in [4.69, 9.17) is 27.9 Å². The van der Waals surface area contributed by atoms with Gasteiger partial charge in [0.1, 0.15) is 11.6 Å². The molecule has 3 N–H and O–H groups in total. The number of ether oxygens (including phenoxy) is 1. The van der Waals surface area contributed by atoms with Crippen molar-refractivity contribution in [2.24, 2.45) is 0 Å². The van der Waals surface area contributed by atoms with E-state index in [1.165, 1.54) is 19.1 Å². The van der Waals surface area contributed by atoms with Crippen molar-refractivity contribution < 1.29 is 23.5 Å². The highest BCUT2D eigenvalue weighted by molar-refractivity contribution is 6.34. The molecule has 174 valence electrons. The SMILES string of the molecule is CC(=O)c1cc(NCC(=O)NC23CC(NC(=O)COc4ccc(Cl)c(F)c4)(C2)C3)ccc1Cl. The maximum absolute atomic E-state index is 13.4. The van der Waals surface area contributed by atoms with Crippen molar-refractivity contribution in [3.05, 3.63) is 57.8 Å². The second-order valence-corrected chi connectivity index (χ2v) is 9.47. The van der Waals surface area contributed by atoms with E-state index in [1.54, 1.807) is 18.2 Å². The Morgan fingerprint density at radius 2 is 1.61 bits per heavy atom. The van der Waals surface area contributed by atoms with Gasteiger partial charge in [-0.1, -0.05) is 23.2 Å². The Morgan fingerprint density at radius 3 is 2.24 bits per heavy atom. The number of hydrogen-bond donors (Lipinski definition) is 3. The molecule has 0 radical (unpaired) electrons. The zero-order valence-corrected chi connectivity index (χ0v) is 19.3. The first kappa shape index (κ1) is 23.3. The van der Waals surface area contributed by atoms with Crippen LogP contribution >= 0.6 is 23.2 Å². The van der Waals surface area contributed by atoms with Crippen LogP contribution in [0.25, 0.3) is 0 Å². The van der Waals surface area contributed by atoms with E-state index < -0.39 is 5.82 Å². The molecule has 5 rings (SSSR count). The quantitative estimate of drug-likeness (QED) is 0.462. The van der Waals surface area contributed by atoms with E-state index in [2.05, 4.69) is 16.0 Å². The average molecular weight is 494 g/mol. The predicted octanol–water partition coefficient (Wildman–Crippen LogP) is 3.73. The lowest BCUT2D eigenvalue weighted by atomic mass is 9.44. The zero-order chi connectivity index (χ0) is 23.8. The number of anilines is 1. The van der Waals surface area contributed by atoms with Crippen molar-refractivity contribution in [1.82, 2.24) is 10.6 Å². The Balaban J connectivity index is 1.19. The minimum absolute atomic E-state index is 0.0165. The molecule has 0 aliphatic heterocycles. The van der Waals surface area contributed by atoms with E-state index >= 15 is 0 Å². The molecule has 0 spiro atoms. The molecule has 2 aromatic carbocycles. The van der Waals surface area contributed by atoms with Crippen molar-refractivity contribution in [3.8, 4) is 5.75 Å². The van der Waals surface area contributed by atoms with Crippen molar-refractivity contribution >= 4 is 46.5 Å². The Bertz CT molecular complexity index is 1120. The van der Waals surface area contributed by atoms with Crippen LogP contribution < -0.4 is 20.7 Å². The molecule has 3 fully saturated rings. The third-order valence-electron chi connectivity index (χ3n) is 5.90. The zero-order valence-electron chi connectivity index (χ0n) is 17.8. The molecule has 3 saturated carbocycles. The molecule has 7 nitrogen and oxygen atoms in total. The number of benzene rings is 2. The summed E-state index contributed by atoms with van der Waals surface area (Å²) in [5.41, 5.74) is 0.376. The molecule has 0 saturated heterocycles. The summed E-state index contributed by atoms with van der Waals surface area (Å²) in [6, 6.07) is 8.91. The summed E-state index contributed by atoms with van der Waals surface area (Å²) in [5.74, 6) is -1.04. The third kappa shape index (κ3) is 5.07. The minimum atomic E-state index is -0.614. The van der Waals surface area contributed by atoms with E-state index in [9.17, 15) is 18.8 Å². The van der Waals surface area contributed by atoms with Crippen LogP contribution in [0.15, 0.2) is 36.4 Å². The molecule has 3 aliphatic carbocycles. The van der Waals surface area contributed by atoms with Gasteiger partial charge in [0.25, 0.3) is 5.91 Å². The highest BCUT2D eigenvalue weighted by Gasteiger charge is 2.69. The number of amides is 2. The maximum Gasteiger partial charge on any atom is 0.258 e. The first-order valence-electron chi connectivity index (χ1n) is 10.3. The molecule has 0 unspecified atom stereocenters. The van der Waals surface area contributed by atoms with Crippen LogP contribution in [-0.2, 0) is 9.59 Å². The van der Waals surface area contributed by atoms with Gasteiger partial charge in [0.15, 0.2) is 12.4 Å². The first-order chi connectivity index (χ1) is 15.6. The summed E-state index contributed by atoms with van der Waals surface area (Å²) >= 11 is 11.6. The first-order valence-corrected chi connectivity index (χ1v) is 11.1. The molecule has 10 heteroatoms. The monoisotopic (exact) mass is 493 g/mol. The Labute approximate surface area is 200 Å². The second kappa shape index (κ2) is 8.83. The van der Waals surface area contributed by atoms with Crippen molar-refractivity contribution in [2.75, 3.05) is 18.5 Å². The lowest BCUT2D eigenvalue weighted by Crippen LogP contribution is -2.84. The highest BCUT2D eigenvalue weighted by atomic mass is 35.5. The summed E-state index contributed by atoms with van der Waals surface area (Å²) in [6.45, 7) is 1.24. The number of Topliss-reactive ketones (excluding diaryl/α,β-unsaturated/α-hetero) is 1. The van der Waals surface area contributed by atoms with Crippen LogP contribution in [0.4, 0.5) is 10.1 Å². The Hall–Kier alpha value is -2.84. The number of carbonyl (C=O) groups is 3. The molecule has 2 bridgehead atoms. The van der Waals surface area contributed by atoms with Gasteiger partial charge in [-0.05, 0) is 56.5 Å². The predicted molar refractivity (Wildman–Crippen MR) is 122 cm³/mol. The number of hydrogen-bond acceptors (Lipinski definition) is 5. The molecule has 0 atom stereocenters. The molecule has 2 amide bonds. The van der Waals surface area contributed by atoms with Gasteiger partial charge in [0.05, 0.1) is 16.6 Å². The summed E-state index contributed by atoms with van der Waals surface area (Å²) in [5, 5.41) is 9.29. The van der Waals surface area contributed by atoms with Crippen LogP contribution in [0, 0.1) is 5.82 Å². The third-order valence-corrected chi connectivity index (χ3v) is 6.54. The van der Waals surface area contributed by atoms with Crippen LogP contribution in [0.2, 0.25) is 10.0 Å². The van der Waals surface area contributed by atoms with Gasteiger partial charge < -0.3 is 20.7 Å². The lowest BCUT2D eigenvalue weighted by Gasteiger charge is -2.70. The fourth-order valence-corrected chi connectivity index (χ4v) is 4.90. The number of rotatable bonds is 9. The normalized spacial score (nSPS) is 22.4. The largest absolute Gasteiger partial charge is 0.484 e. The molecular weight excluding hydrogens is 472 g/mol. The molecular formula is C23H22Cl2FN3O4. The molecule has 0 heterocycles. The standard InChI is InChI=1S/C23H22Cl2FN3O4/c1-13(30)16-6-14(2-4-17(16)24)27-8-20(31)28-22-10-23(11-22,12-22)29-21(32)9-33-15-3-5-18(25)19(26)7-15/h2-7,27H,8-12H2,1H3,(H,28,31)(H,29,32). The molecule has 2 aromatic rings. The van der Waals surface area contributed by atoms with Crippen LogP contribution in [0.5, 0.6) is 5.75 Å². The summed E-state index contributed by atoms with van der Waals surface area (Å²) in [6.07, 6.45) is 1.92.